The Morgan fingerprint density at radius 1 is 1.13 bits per heavy atom. The van der Waals surface area contributed by atoms with Crippen molar-refractivity contribution in [3.8, 4) is 5.75 Å². The molecule has 1 saturated carbocycles. The van der Waals surface area contributed by atoms with E-state index in [-0.39, 0.29) is 23.9 Å². The predicted octanol–water partition coefficient (Wildman–Crippen LogP) is 1.95. The van der Waals surface area contributed by atoms with Crippen LogP contribution in [0.2, 0.25) is 0 Å². The maximum Gasteiger partial charge on any atom is 0.193 e. The number of hydrogen-bond donors (Lipinski definition) is 5. The summed E-state index contributed by atoms with van der Waals surface area (Å²) in [5.41, 5.74) is 0.975. The number of hydrogen-bond acceptors (Lipinski definition) is 14. The van der Waals surface area contributed by atoms with Gasteiger partial charge in [-0.25, -0.2) is 9.78 Å². The fourth-order valence-electron chi connectivity index (χ4n) is 8.44. The standard InChI is InChI=1S/C38H44N4O10/c1-21-13-29(44)25-14-23-15-32(52-49-19-31(46)38(48,36(47)30(45)18-43)20-41-12-9-26-28(41)8-11-39-26)37(2,24-5-3-4-6-24)51-34(23)33(35(25)50-21)42-16-22-7-10-40-27(22)17-42/h7-14,16,24,28,30-32,36,43,45-48H,3-6,15,17-20H2,1-2H3/t28?,30-,31+,32-,36-,37-,38-/m1/s1. The number of rotatable bonds is 12. The van der Waals surface area contributed by atoms with Crippen molar-refractivity contribution in [3.05, 3.63) is 82.3 Å². The lowest BCUT2D eigenvalue weighted by atomic mass is 9.78. The highest BCUT2D eigenvalue weighted by Gasteiger charge is 2.52. The summed E-state index contributed by atoms with van der Waals surface area (Å²) in [5.74, 6) is 1.16. The fourth-order valence-corrected chi connectivity index (χ4v) is 8.44. The minimum atomic E-state index is -2.35. The van der Waals surface area contributed by atoms with Gasteiger partial charge in [-0.15, -0.1) is 0 Å². The second kappa shape index (κ2) is 13.4. The average Bonchev–Trinajstić information content (AvgIpc) is 3.96. The second-order valence-corrected chi connectivity index (χ2v) is 14.8. The summed E-state index contributed by atoms with van der Waals surface area (Å²) in [4.78, 5) is 37.7. The second-order valence-electron chi connectivity index (χ2n) is 14.8. The largest absolute Gasteiger partial charge is 0.482 e. The van der Waals surface area contributed by atoms with E-state index in [0.29, 0.717) is 41.1 Å². The average molecular weight is 717 g/mol. The van der Waals surface area contributed by atoms with Crippen molar-refractivity contribution in [1.29, 1.82) is 0 Å². The highest BCUT2D eigenvalue weighted by molar-refractivity contribution is 6.12. The van der Waals surface area contributed by atoms with Crippen LogP contribution in [0.25, 0.3) is 11.0 Å². The quantitative estimate of drug-likeness (QED) is 0.159. The van der Waals surface area contributed by atoms with Crippen LogP contribution >= 0.6 is 0 Å². The summed E-state index contributed by atoms with van der Waals surface area (Å²) in [6.45, 7) is 2.48. The third kappa shape index (κ3) is 5.82. The number of β-amino-alcohol motifs (C(OH)–C–C–N with tert-alkyl or cyclic N) is 1. The first-order valence-corrected chi connectivity index (χ1v) is 17.9. The van der Waals surface area contributed by atoms with Gasteiger partial charge in [-0.1, -0.05) is 12.8 Å². The van der Waals surface area contributed by atoms with Gasteiger partial charge in [0.1, 0.15) is 53.7 Å². The van der Waals surface area contributed by atoms with E-state index in [1.54, 1.807) is 48.6 Å². The van der Waals surface area contributed by atoms with Crippen LogP contribution in [0.5, 0.6) is 5.75 Å². The number of aryl methyl sites for hydroxylation is 1. The van der Waals surface area contributed by atoms with E-state index in [1.807, 2.05) is 24.1 Å². The lowest BCUT2D eigenvalue weighted by Crippen LogP contribution is -2.64. The Morgan fingerprint density at radius 2 is 1.94 bits per heavy atom. The van der Waals surface area contributed by atoms with Gasteiger partial charge < -0.3 is 44.5 Å². The molecule has 6 aliphatic rings. The van der Waals surface area contributed by atoms with Crippen LogP contribution in [0.3, 0.4) is 0 Å². The van der Waals surface area contributed by atoms with Gasteiger partial charge in [-0.2, -0.15) is 0 Å². The van der Waals surface area contributed by atoms with Gasteiger partial charge in [-0.05, 0) is 51.0 Å². The van der Waals surface area contributed by atoms with Gasteiger partial charge in [0.15, 0.2) is 16.8 Å². The number of ether oxygens (including phenoxy) is 1. The minimum Gasteiger partial charge on any atom is -0.482 e. The summed E-state index contributed by atoms with van der Waals surface area (Å²) in [5, 5.41) is 54.5. The molecule has 276 valence electrons. The van der Waals surface area contributed by atoms with E-state index in [1.165, 1.54) is 6.07 Å². The Morgan fingerprint density at radius 3 is 2.71 bits per heavy atom. The van der Waals surface area contributed by atoms with E-state index < -0.39 is 48.8 Å². The molecule has 14 nitrogen and oxygen atoms in total. The van der Waals surface area contributed by atoms with Crippen LogP contribution < -0.4 is 15.1 Å². The third-order valence-corrected chi connectivity index (χ3v) is 11.5. The molecule has 1 aliphatic carbocycles. The molecular weight excluding hydrogens is 672 g/mol. The Balaban J connectivity index is 1.09. The summed E-state index contributed by atoms with van der Waals surface area (Å²) in [6, 6.07) is 2.93. The van der Waals surface area contributed by atoms with Gasteiger partial charge in [0.2, 0.25) is 0 Å². The highest BCUT2D eigenvalue weighted by Crippen LogP contribution is 2.51. The summed E-state index contributed by atoms with van der Waals surface area (Å²) in [6.07, 6.45) is 10.6. The molecule has 1 fully saturated rings. The monoisotopic (exact) mass is 716 g/mol. The van der Waals surface area contributed by atoms with E-state index in [9.17, 15) is 30.3 Å². The number of aliphatic hydroxyl groups is 5. The molecule has 6 heterocycles. The van der Waals surface area contributed by atoms with Crippen LogP contribution in [-0.2, 0) is 16.2 Å². The topological polar surface area (TPSA) is 190 Å². The molecule has 0 spiro atoms. The normalized spacial score (nSPS) is 27.6. The first kappa shape index (κ1) is 34.9. The van der Waals surface area contributed by atoms with Crippen molar-refractivity contribution >= 4 is 28.1 Å². The summed E-state index contributed by atoms with van der Waals surface area (Å²) < 4.78 is 13.3. The van der Waals surface area contributed by atoms with Crippen molar-refractivity contribution in [2.75, 3.05) is 31.2 Å². The molecule has 0 saturated heterocycles. The van der Waals surface area contributed by atoms with Crippen molar-refractivity contribution in [1.82, 2.24) is 4.90 Å². The number of nitrogens with zero attached hydrogens (tertiary/aromatic N) is 4. The third-order valence-electron chi connectivity index (χ3n) is 11.5. The van der Waals surface area contributed by atoms with Crippen LogP contribution in [0.1, 0.15) is 43.9 Å². The molecule has 1 aromatic carbocycles. The Kier molecular flexibility index (Phi) is 8.97. The maximum atomic E-state index is 13.4. The van der Waals surface area contributed by atoms with Crippen LogP contribution in [0, 0.1) is 12.8 Å². The smallest absolute Gasteiger partial charge is 0.193 e. The summed E-state index contributed by atoms with van der Waals surface area (Å²) in [7, 11) is 0. The lowest BCUT2D eigenvalue weighted by molar-refractivity contribution is -0.368. The number of aliphatic imine (C=N–C) groups is 2. The minimum absolute atomic E-state index is 0.0894. The van der Waals surface area contributed by atoms with E-state index >= 15 is 0 Å². The zero-order valence-electron chi connectivity index (χ0n) is 29.1. The lowest BCUT2D eigenvalue weighted by Gasteiger charge is -2.46. The van der Waals surface area contributed by atoms with Crippen LogP contribution in [0.4, 0.5) is 5.69 Å². The highest BCUT2D eigenvalue weighted by atomic mass is 17.2. The molecule has 0 amide bonds. The first-order chi connectivity index (χ1) is 25.0. The van der Waals surface area contributed by atoms with Crippen molar-refractivity contribution in [2.24, 2.45) is 15.9 Å². The van der Waals surface area contributed by atoms with Crippen LogP contribution in [0.15, 0.2) is 79.9 Å². The number of allylic oxidation sites excluding steroid dienone is 1. The Hall–Kier alpha value is -4.15. The predicted molar refractivity (Wildman–Crippen MR) is 191 cm³/mol. The molecule has 1 aromatic heterocycles. The van der Waals surface area contributed by atoms with Crippen molar-refractivity contribution in [3.63, 3.8) is 0 Å². The molecule has 14 heteroatoms. The fraction of sp³-hybridized carbons (Fsp3) is 0.500. The maximum absolute atomic E-state index is 13.4. The summed E-state index contributed by atoms with van der Waals surface area (Å²) >= 11 is 0. The van der Waals surface area contributed by atoms with E-state index in [4.69, 9.17) is 18.9 Å². The zero-order chi connectivity index (χ0) is 36.4. The van der Waals surface area contributed by atoms with Gasteiger partial charge in [0.25, 0.3) is 0 Å². The zero-order valence-corrected chi connectivity index (χ0v) is 29.1. The van der Waals surface area contributed by atoms with Gasteiger partial charge in [0, 0.05) is 54.3 Å². The molecule has 52 heavy (non-hydrogen) atoms. The SMILES string of the molecule is Cc1cc(=O)c2cc3c(c(N4C=C5C=CN=C5C4)c2o1)O[C@](C)(C1CCCC1)[C@H](OOC[C@H](O)[C@](O)(CN1C=CC2=NC=CC21)[C@H](O)[C@H](O)CO)C3. The number of aliphatic hydroxyl groups excluding tert-OH is 4. The molecule has 5 N–H and O–H groups in total. The molecular formula is C38H44N4O10. The molecule has 1 unspecified atom stereocenters. The van der Waals surface area contributed by atoms with Crippen LogP contribution in [-0.4, -0.2) is 110 Å². The molecule has 8 rings (SSSR count). The van der Waals surface area contributed by atoms with Gasteiger partial charge in [0.05, 0.1) is 42.5 Å². The number of fused-ring (bicyclic) bond motifs is 4. The van der Waals surface area contributed by atoms with Crippen molar-refractivity contribution < 1.29 is 44.5 Å². The first-order valence-electron chi connectivity index (χ1n) is 17.9. The van der Waals surface area contributed by atoms with Gasteiger partial charge >= 0.3 is 0 Å². The molecule has 0 bridgehead atoms. The van der Waals surface area contributed by atoms with Gasteiger partial charge in [-0.3, -0.25) is 14.8 Å². The Bertz CT molecular complexity index is 2000. The Labute approximate surface area is 299 Å². The molecule has 0 radical (unpaired) electrons. The molecule has 5 aliphatic heterocycles. The van der Waals surface area contributed by atoms with E-state index in [0.717, 1.165) is 48.2 Å². The number of benzene rings is 1. The molecule has 7 atom stereocenters. The van der Waals surface area contributed by atoms with Crippen molar-refractivity contribution in [2.45, 2.75) is 87.6 Å². The van der Waals surface area contributed by atoms with E-state index in [2.05, 4.69) is 9.98 Å². The number of anilines is 1. The molecule has 2 aromatic rings.